The summed E-state index contributed by atoms with van der Waals surface area (Å²) in [5.74, 6) is 1.27. The predicted octanol–water partition coefficient (Wildman–Crippen LogP) is 3.39. The van der Waals surface area contributed by atoms with Gasteiger partial charge in [-0.1, -0.05) is 30.0 Å². The van der Waals surface area contributed by atoms with E-state index in [9.17, 15) is 4.79 Å². The molecular weight excluding hydrogens is 362 g/mol. The first-order valence-corrected chi connectivity index (χ1v) is 9.48. The average molecular weight is 385 g/mol. The van der Waals surface area contributed by atoms with E-state index in [0.29, 0.717) is 18.0 Å². The highest BCUT2D eigenvalue weighted by molar-refractivity contribution is 8.00. The van der Waals surface area contributed by atoms with E-state index in [4.69, 9.17) is 9.47 Å². The lowest BCUT2D eigenvalue weighted by Gasteiger charge is -2.13. The number of carbonyl (C=O) groups is 1. The minimum Gasteiger partial charge on any atom is -0.493 e. The number of nitrogens with one attached hydrogen (secondary N) is 1. The Bertz CT molecular complexity index is 955. The number of amides is 1. The minimum absolute atomic E-state index is 0.0400. The number of ether oxygens (including phenoxy) is 2. The molecule has 0 aliphatic heterocycles. The number of fused-ring (bicyclic) bond motifs is 1. The number of methoxy groups -OCH3 is 2. The van der Waals surface area contributed by atoms with Gasteiger partial charge in [0.2, 0.25) is 5.91 Å². The molecule has 1 heterocycles. The number of thioether (sulfide) groups is 1. The minimum atomic E-state index is -0.263. The number of imidazole rings is 1. The first-order valence-electron chi connectivity index (χ1n) is 8.60. The van der Waals surface area contributed by atoms with E-state index in [0.717, 1.165) is 21.8 Å². The van der Waals surface area contributed by atoms with Gasteiger partial charge in [-0.05, 0) is 36.8 Å². The third kappa shape index (κ3) is 4.19. The van der Waals surface area contributed by atoms with Crippen LogP contribution < -0.4 is 14.8 Å². The molecule has 3 aromatic rings. The molecular formula is C20H23N3O3S. The molecule has 6 nitrogen and oxygen atoms in total. The Morgan fingerprint density at radius 1 is 1.19 bits per heavy atom. The van der Waals surface area contributed by atoms with Crippen LogP contribution in [0.1, 0.15) is 12.5 Å². The normalized spacial score (nSPS) is 12.0. The third-order valence-corrected chi connectivity index (χ3v) is 5.46. The van der Waals surface area contributed by atoms with Crippen LogP contribution in [0.2, 0.25) is 0 Å². The number of hydrogen-bond acceptors (Lipinski definition) is 5. The van der Waals surface area contributed by atoms with Gasteiger partial charge in [-0.3, -0.25) is 4.79 Å². The van der Waals surface area contributed by atoms with Crippen molar-refractivity contribution in [2.45, 2.75) is 23.9 Å². The van der Waals surface area contributed by atoms with Crippen LogP contribution in [0, 0.1) is 0 Å². The number of nitrogens with zero attached hydrogens (tertiary/aromatic N) is 2. The zero-order valence-corrected chi connectivity index (χ0v) is 16.7. The van der Waals surface area contributed by atoms with Gasteiger partial charge < -0.3 is 19.4 Å². The number of aromatic nitrogens is 2. The van der Waals surface area contributed by atoms with E-state index in [2.05, 4.69) is 10.3 Å². The van der Waals surface area contributed by atoms with Gasteiger partial charge in [-0.25, -0.2) is 4.98 Å². The van der Waals surface area contributed by atoms with Crippen LogP contribution in [-0.2, 0) is 18.4 Å². The summed E-state index contributed by atoms with van der Waals surface area (Å²) in [7, 11) is 5.15. The molecule has 0 saturated heterocycles. The van der Waals surface area contributed by atoms with Crippen LogP contribution in [0.3, 0.4) is 0 Å². The highest BCUT2D eigenvalue weighted by Crippen LogP contribution is 2.28. The summed E-state index contributed by atoms with van der Waals surface area (Å²) < 4.78 is 12.5. The van der Waals surface area contributed by atoms with Crippen molar-refractivity contribution in [3.8, 4) is 11.5 Å². The molecule has 0 radical (unpaired) electrons. The molecule has 0 aliphatic carbocycles. The van der Waals surface area contributed by atoms with Crippen molar-refractivity contribution in [2.24, 2.45) is 7.05 Å². The fraction of sp³-hybridized carbons (Fsp3) is 0.300. The molecule has 0 saturated carbocycles. The van der Waals surface area contributed by atoms with Crippen molar-refractivity contribution in [1.82, 2.24) is 14.9 Å². The average Bonchev–Trinajstić information content (AvgIpc) is 3.01. The van der Waals surface area contributed by atoms with E-state index in [1.165, 1.54) is 11.8 Å². The van der Waals surface area contributed by atoms with Crippen molar-refractivity contribution < 1.29 is 14.3 Å². The summed E-state index contributed by atoms with van der Waals surface area (Å²) in [5.41, 5.74) is 2.93. The van der Waals surface area contributed by atoms with Gasteiger partial charge in [-0.2, -0.15) is 0 Å². The number of carbonyl (C=O) groups excluding carboxylic acids is 1. The molecule has 27 heavy (non-hydrogen) atoms. The second-order valence-corrected chi connectivity index (χ2v) is 7.42. The molecule has 0 spiro atoms. The smallest absolute Gasteiger partial charge is 0.233 e. The molecule has 1 unspecified atom stereocenters. The fourth-order valence-corrected chi connectivity index (χ4v) is 3.68. The second-order valence-electron chi connectivity index (χ2n) is 6.11. The summed E-state index contributed by atoms with van der Waals surface area (Å²) in [6.45, 7) is 2.31. The Balaban J connectivity index is 1.63. The molecule has 142 valence electrons. The van der Waals surface area contributed by atoms with Gasteiger partial charge in [0.25, 0.3) is 0 Å². The van der Waals surface area contributed by atoms with Crippen LogP contribution in [0.5, 0.6) is 11.5 Å². The zero-order chi connectivity index (χ0) is 19.4. The molecule has 1 atom stereocenters. The molecule has 0 bridgehead atoms. The van der Waals surface area contributed by atoms with E-state index < -0.39 is 0 Å². The molecule has 2 aromatic carbocycles. The zero-order valence-electron chi connectivity index (χ0n) is 15.9. The van der Waals surface area contributed by atoms with Gasteiger partial charge >= 0.3 is 0 Å². The topological polar surface area (TPSA) is 65.4 Å². The first-order chi connectivity index (χ1) is 13.0. The van der Waals surface area contributed by atoms with E-state index in [1.807, 2.05) is 61.0 Å². The molecule has 1 amide bonds. The second kappa shape index (κ2) is 8.35. The van der Waals surface area contributed by atoms with Crippen LogP contribution in [-0.4, -0.2) is 34.9 Å². The summed E-state index contributed by atoms with van der Waals surface area (Å²) in [5, 5.41) is 3.53. The lowest BCUT2D eigenvalue weighted by Crippen LogP contribution is -2.30. The predicted molar refractivity (Wildman–Crippen MR) is 107 cm³/mol. The number of rotatable bonds is 7. The standard InChI is InChI=1S/C20H23N3O3S/c1-13(27-20-22-15-7-5-6-8-16(15)23(20)2)19(24)21-12-14-9-10-17(25-3)18(11-14)26-4/h5-11,13H,12H2,1-4H3,(H,21,24). The summed E-state index contributed by atoms with van der Waals surface area (Å²) in [6.07, 6.45) is 0. The molecule has 7 heteroatoms. The molecule has 1 N–H and O–H groups in total. The number of hydrogen-bond donors (Lipinski definition) is 1. The fourth-order valence-electron chi connectivity index (χ4n) is 2.76. The highest BCUT2D eigenvalue weighted by Gasteiger charge is 2.18. The van der Waals surface area contributed by atoms with Gasteiger partial charge in [0, 0.05) is 13.6 Å². The Morgan fingerprint density at radius 2 is 1.93 bits per heavy atom. The SMILES string of the molecule is COc1ccc(CNC(=O)C(C)Sc2nc3ccccc3n2C)cc1OC. The number of benzene rings is 2. The summed E-state index contributed by atoms with van der Waals surface area (Å²) in [4.78, 5) is 17.1. The maximum atomic E-state index is 12.5. The third-order valence-electron chi connectivity index (χ3n) is 4.31. The first kappa shape index (κ1) is 19.1. The Kier molecular flexibility index (Phi) is 5.91. The van der Waals surface area contributed by atoms with Crippen molar-refractivity contribution >= 4 is 28.7 Å². The van der Waals surface area contributed by atoms with Crippen LogP contribution in [0.15, 0.2) is 47.6 Å². The van der Waals surface area contributed by atoms with Crippen molar-refractivity contribution in [1.29, 1.82) is 0 Å². The van der Waals surface area contributed by atoms with Gasteiger partial charge in [-0.15, -0.1) is 0 Å². The maximum Gasteiger partial charge on any atom is 0.233 e. The molecule has 1 aromatic heterocycles. The van der Waals surface area contributed by atoms with Gasteiger partial charge in [0.15, 0.2) is 16.7 Å². The molecule has 3 rings (SSSR count). The number of para-hydroxylation sites is 2. The molecule has 0 fully saturated rings. The van der Waals surface area contributed by atoms with Crippen LogP contribution >= 0.6 is 11.8 Å². The summed E-state index contributed by atoms with van der Waals surface area (Å²) in [6, 6.07) is 13.5. The van der Waals surface area contributed by atoms with Crippen molar-refractivity contribution in [3.05, 3.63) is 48.0 Å². The summed E-state index contributed by atoms with van der Waals surface area (Å²) >= 11 is 1.45. The van der Waals surface area contributed by atoms with E-state index in [-0.39, 0.29) is 11.2 Å². The van der Waals surface area contributed by atoms with Crippen molar-refractivity contribution in [2.75, 3.05) is 14.2 Å². The Hall–Kier alpha value is -2.67. The van der Waals surface area contributed by atoms with E-state index in [1.54, 1.807) is 14.2 Å². The van der Waals surface area contributed by atoms with Gasteiger partial charge in [0.1, 0.15) is 0 Å². The van der Waals surface area contributed by atoms with Gasteiger partial charge in [0.05, 0.1) is 30.5 Å². The largest absolute Gasteiger partial charge is 0.493 e. The highest BCUT2D eigenvalue weighted by atomic mass is 32.2. The molecule has 0 aliphatic rings. The number of aryl methyl sites for hydroxylation is 1. The van der Waals surface area contributed by atoms with E-state index >= 15 is 0 Å². The lowest BCUT2D eigenvalue weighted by atomic mass is 10.2. The quantitative estimate of drug-likeness (QED) is 0.632. The Morgan fingerprint density at radius 3 is 2.63 bits per heavy atom. The lowest BCUT2D eigenvalue weighted by molar-refractivity contribution is -0.120. The Labute approximate surface area is 162 Å². The monoisotopic (exact) mass is 385 g/mol. The van der Waals surface area contributed by atoms with Crippen LogP contribution in [0.25, 0.3) is 11.0 Å². The van der Waals surface area contributed by atoms with Crippen LogP contribution in [0.4, 0.5) is 0 Å². The maximum absolute atomic E-state index is 12.5. The van der Waals surface area contributed by atoms with Crippen molar-refractivity contribution in [3.63, 3.8) is 0 Å².